The standard InChI is InChI=1S/C9H14F2N2O3S.ClH/c1-6-3-8(7(2)16-6)17(14,15)13-5-9(10,11)4-12;/h3,13H,4-5,12H2,1-2H3;1H. The van der Waals surface area contributed by atoms with Crippen molar-refractivity contribution < 1.29 is 21.6 Å². The van der Waals surface area contributed by atoms with Crippen molar-refractivity contribution >= 4 is 22.4 Å². The van der Waals surface area contributed by atoms with Gasteiger partial charge in [0.05, 0.1) is 13.1 Å². The minimum Gasteiger partial charge on any atom is -0.465 e. The Morgan fingerprint density at radius 2 is 2.00 bits per heavy atom. The van der Waals surface area contributed by atoms with Crippen molar-refractivity contribution in [2.75, 3.05) is 13.1 Å². The summed E-state index contributed by atoms with van der Waals surface area (Å²) in [7, 11) is -3.99. The average Bonchev–Trinajstić information content (AvgIpc) is 2.56. The first-order valence-corrected chi connectivity index (χ1v) is 6.31. The third kappa shape index (κ3) is 4.20. The third-order valence-corrected chi connectivity index (χ3v) is 3.61. The molecule has 3 N–H and O–H groups in total. The molecule has 0 aliphatic carbocycles. The second kappa shape index (κ2) is 5.96. The number of hydrogen-bond acceptors (Lipinski definition) is 4. The first kappa shape index (κ1) is 17.3. The SMILES string of the molecule is Cc1cc(S(=O)(=O)NCC(F)(F)CN)c(C)o1.Cl. The molecule has 1 heterocycles. The van der Waals surface area contributed by atoms with Gasteiger partial charge < -0.3 is 10.2 Å². The molecule has 0 unspecified atom stereocenters. The molecule has 0 aromatic carbocycles. The molecule has 0 bridgehead atoms. The van der Waals surface area contributed by atoms with Crippen molar-refractivity contribution in [2.45, 2.75) is 24.7 Å². The normalized spacial score (nSPS) is 12.3. The number of sulfonamides is 1. The van der Waals surface area contributed by atoms with E-state index in [0.29, 0.717) is 5.76 Å². The number of aryl methyl sites for hydroxylation is 2. The Balaban J connectivity index is 0.00000289. The van der Waals surface area contributed by atoms with Gasteiger partial charge in [0.15, 0.2) is 0 Å². The van der Waals surface area contributed by atoms with Gasteiger partial charge in [-0.05, 0) is 19.9 Å². The smallest absolute Gasteiger partial charge is 0.273 e. The number of halogens is 3. The molecule has 5 nitrogen and oxygen atoms in total. The first-order chi connectivity index (χ1) is 7.68. The molecule has 0 aliphatic rings. The number of furan rings is 1. The quantitative estimate of drug-likeness (QED) is 0.855. The Morgan fingerprint density at radius 1 is 1.44 bits per heavy atom. The van der Waals surface area contributed by atoms with E-state index in [4.69, 9.17) is 10.2 Å². The van der Waals surface area contributed by atoms with E-state index in [0.717, 1.165) is 0 Å². The summed E-state index contributed by atoms with van der Waals surface area (Å²) in [5.41, 5.74) is 4.81. The maximum Gasteiger partial charge on any atom is 0.273 e. The summed E-state index contributed by atoms with van der Waals surface area (Å²) in [6.07, 6.45) is 0. The van der Waals surface area contributed by atoms with Crippen LogP contribution in [0.4, 0.5) is 8.78 Å². The van der Waals surface area contributed by atoms with Gasteiger partial charge in [0, 0.05) is 0 Å². The van der Waals surface area contributed by atoms with Gasteiger partial charge in [0.2, 0.25) is 10.0 Å². The van der Waals surface area contributed by atoms with Crippen molar-refractivity contribution in [2.24, 2.45) is 5.73 Å². The van der Waals surface area contributed by atoms with Crippen LogP contribution in [0.25, 0.3) is 0 Å². The number of rotatable bonds is 5. The second-order valence-electron chi connectivity index (χ2n) is 3.66. The van der Waals surface area contributed by atoms with Gasteiger partial charge in [-0.3, -0.25) is 0 Å². The molecule has 0 aliphatic heterocycles. The lowest BCUT2D eigenvalue weighted by Gasteiger charge is -2.14. The summed E-state index contributed by atoms with van der Waals surface area (Å²) in [5, 5.41) is 0. The van der Waals surface area contributed by atoms with E-state index < -0.39 is 29.0 Å². The molecule has 9 heteroatoms. The maximum absolute atomic E-state index is 12.8. The van der Waals surface area contributed by atoms with Crippen LogP contribution in [0.3, 0.4) is 0 Å². The van der Waals surface area contributed by atoms with E-state index >= 15 is 0 Å². The molecule has 18 heavy (non-hydrogen) atoms. The number of alkyl halides is 2. The molecule has 0 saturated heterocycles. The number of nitrogens with two attached hydrogens (primary N) is 1. The van der Waals surface area contributed by atoms with Crippen LogP contribution in [0.1, 0.15) is 11.5 Å². The van der Waals surface area contributed by atoms with Crippen molar-refractivity contribution in [3.05, 3.63) is 17.6 Å². The van der Waals surface area contributed by atoms with Gasteiger partial charge >= 0.3 is 0 Å². The predicted octanol–water partition coefficient (Wildman–Crippen LogP) is 1.19. The number of nitrogens with one attached hydrogen (secondary N) is 1. The Kier molecular flexibility index (Phi) is 5.73. The molecule has 0 saturated carbocycles. The molecule has 0 spiro atoms. The van der Waals surface area contributed by atoms with Crippen LogP contribution in [0.2, 0.25) is 0 Å². The molecule has 0 atom stereocenters. The highest BCUT2D eigenvalue weighted by Gasteiger charge is 2.30. The van der Waals surface area contributed by atoms with Crippen molar-refractivity contribution in [1.29, 1.82) is 0 Å². The lowest BCUT2D eigenvalue weighted by atomic mass is 10.3. The highest BCUT2D eigenvalue weighted by atomic mass is 35.5. The van der Waals surface area contributed by atoms with Gasteiger partial charge in [-0.1, -0.05) is 0 Å². The van der Waals surface area contributed by atoms with Crippen molar-refractivity contribution in [3.8, 4) is 0 Å². The zero-order chi connectivity index (χ0) is 13.3. The van der Waals surface area contributed by atoms with Crippen LogP contribution in [0.15, 0.2) is 15.4 Å². The molecule has 0 radical (unpaired) electrons. The summed E-state index contributed by atoms with van der Waals surface area (Å²) in [6, 6.07) is 1.28. The van der Waals surface area contributed by atoms with E-state index in [-0.39, 0.29) is 23.1 Å². The predicted molar refractivity (Wildman–Crippen MR) is 64.6 cm³/mol. The van der Waals surface area contributed by atoms with Gasteiger partial charge in [-0.15, -0.1) is 12.4 Å². The Labute approximate surface area is 110 Å². The fourth-order valence-corrected chi connectivity index (χ4v) is 2.52. The van der Waals surface area contributed by atoms with E-state index in [2.05, 4.69) is 0 Å². The zero-order valence-electron chi connectivity index (χ0n) is 9.87. The van der Waals surface area contributed by atoms with Crippen LogP contribution in [-0.2, 0) is 10.0 Å². The summed E-state index contributed by atoms with van der Waals surface area (Å²) >= 11 is 0. The third-order valence-electron chi connectivity index (χ3n) is 2.10. The molecule has 1 rings (SSSR count). The Bertz CT molecular complexity index is 502. The minimum absolute atomic E-state index is 0. The lowest BCUT2D eigenvalue weighted by molar-refractivity contribution is 0.0170. The summed E-state index contributed by atoms with van der Waals surface area (Å²) < 4.78 is 55.9. The van der Waals surface area contributed by atoms with Crippen LogP contribution < -0.4 is 10.5 Å². The maximum atomic E-state index is 12.8. The molecule has 0 fully saturated rings. The lowest BCUT2D eigenvalue weighted by Crippen LogP contribution is -2.41. The van der Waals surface area contributed by atoms with Gasteiger partial charge in [0.1, 0.15) is 16.4 Å². The monoisotopic (exact) mass is 304 g/mol. The van der Waals surface area contributed by atoms with E-state index in [1.54, 1.807) is 11.6 Å². The zero-order valence-corrected chi connectivity index (χ0v) is 11.5. The molecular weight excluding hydrogens is 290 g/mol. The highest BCUT2D eigenvalue weighted by molar-refractivity contribution is 7.89. The van der Waals surface area contributed by atoms with Gasteiger partial charge in [0.25, 0.3) is 5.92 Å². The summed E-state index contributed by atoms with van der Waals surface area (Å²) in [4.78, 5) is -0.136. The van der Waals surface area contributed by atoms with Crippen molar-refractivity contribution in [3.63, 3.8) is 0 Å². The fraction of sp³-hybridized carbons (Fsp3) is 0.556. The largest absolute Gasteiger partial charge is 0.465 e. The molecule has 0 amide bonds. The summed E-state index contributed by atoms with van der Waals surface area (Å²) in [5.74, 6) is -2.71. The van der Waals surface area contributed by atoms with Crippen LogP contribution >= 0.6 is 12.4 Å². The second-order valence-corrected chi connectivity index (χ2v) is 5.40. The fourth-order valence-electron chi connectivity index (χ4n) is 1.22. The van der Waals surface area contributed by atoms with Gasteiger partial charge in [-0.25, -0.2) is 21.9 Å². The topological polar surface area (TPSA) is 85.3 Å². The molecule has 1 aromatic rings. The Morgan fingerprint density at radius 3 is 2.39 bits per heavy atom. The van der Waals surface area contributed by atoms with Crippen LogP contribution in [-0.4, -0.2) is 27.4 Å². The minimum atomic E-state index is -3.99. The van der Waals surface area contributed by atoms with E-state index in [1.807, 2.05) is 0 Å². The summed E-state index contributed by atoms with van der Waals surface area (Å²) in [6.45, 7) is 1.07. The highest BCUT2D eigenvalue weighted by Crippen LogP contribution is 2.20. The van der Waals surface area contributed by atoms with Crippen LogP contribution in [0.5, 0.6) is 0 Å². The first-order valence-electron chi connectivity index (χ1n) is 4.82. The molecule has 1 aromatic heterocycles. The van der Waals surface area contributed by atoms with E-state index in [9.17, 15) is 17.2 Å². The van der Waals surface area contributed by atoms with Crippen molar-refractivity contribution in [1.82, 2.24) is 4.72 Å². The number of hydrogen-bond donors (Lipinski definition) is 2. The van der Waals surface area contributed by atoms with Gasteiger partial charge in [-0.2, -0.15) is 0 Å². The Hall–Kier alpha value is -0.700. The van der Waals surface area contributed by atoms with Crippen LogP contribution in [0, 0.1) is 13.8 Å². The molecular formula is C9H15ClF2N2O3S. The van der Waals surface area contributed by atoms with E-state index in [1.165, 1.54) is 13.0 Å². The average molecular weight is 305 g/mol. The molecule has 106 valence electrons.